The molecule has 6 rings (SSSR count). The Kier molecular flexibility index (Phi) is 9.43. The third kappa shape index (κ3) is 5.88. The average molecular weight is 683 g/mol. The SMILES string of the molecule is CCOC(=O)C(Cc1ccccc1)NCc1cccc(-c2cc(OC)c(O)c3c2C[C@H]2C[C@H]4CC(=O)C(C(N)=O)C(=O)[C@@]4(O)C(=O)C2C3=O)c1. The molecule has 0 spiro atoms. The lowest BCUT2D eigenvalue weighted by Crippen LogP contribution is -2.68. The topological polar surface area (TPSA) is 199 Å². The number of amides is 1. The third-order valence-corrected chi connectivity index (χ3v) is 10.2. The van der Waals surface area contributed by atoms with Crippen molar-refractivity contribution >= 4 is 35.0 Å². The highest BCUT2D eigenvalue weighted by Crippen LogP contribution is 2.52. The Morgan fingerprint density at radius 1 is 1.00 bits per heavy atom. The van der Waals surface area contributed by atoms with E-state index in [4.69, 9.17) is 15.2 Å². The fourth-order valence-corrected chi connectivity index (χ4v) is 7.84. The Morgan fingerprint density at radius 2 is 1.72 bits per heavy atom. The van der Waals surface area contributed by atoms with Crippen molar-refractivity contribution in [2.24, 2.45) is 29.4 Å². The van der Waals surface area contributed by atoms with Gasteiger partial charge >= 0.3 is 5.97 Å². The number of methoxy groups -OCH3 is 1. The Morgan fingerprint density at radius 3 is 2.40 bits per heavy atom. The van der Waals surface area contributed by atoms with Gasteiger partial charge in [0, 0.05) is 18.9 Å². The van der Waals surface area contributed by atoms with E-state index in [0.29, 0.717) is 29.7 Å². The number of fused-ring (bicyclic) bond motifs is 3. The maximum absolute atomic E-state index is 14.2. The van der Waals surface area contributed by atoms with Crippen molar-refractivity contribution in [1.82, 2.24) is 5.32 Å². The van der Waals surface area contributed by atoms with Crippen molar-refractivity contribution in [3.05, 3.63) is 82.9 Å². The van der Waals surface area contributed by atoms with E-state index in [1.54, 1.807) is 13.0 Å². The molecule has 5 N–H and O–H groups in total. The van der Waals surface area contributed by atoms with Crippen LogP contribution in [0.1, 0.15) is 46.8 Å². The number of carbonyl (C=O) groups is 6. The Balaban J connectivity index is 1.34. The lowest BCUT2D eigenvalue weighted by molar-refractivity contribution is -0.175. The number of Topliss-reactive ketones (excluding diaryl/α,β-unsaturated/α-hetero) is 4. The summed E-state index contributed by atoms with van der Waals surface area (Å²) in [5.74, 6) is -11.4. The van der Waals surface area contributed by atoms with Crippen LogP contribution in [-0.4, -0.2) is 70.6 Å². The van der Waals surface area contributed by atoms with Gasteiger partial charge in [0.2, 0.25) is 5.91 Å². The summed E-state index contributed by atoms with van der Waals surface area (Å²) in [6.45, 7) is 2.29. The number of nitrogens with two attached hydrogens (primary N) is 1. The van der Waals surface area contributed by atoms with Gasteiger partial charge in [0.25, 0.3) is 0 Å². The van der Waals surface area contributed by atoms with E-state index < -0.39 is 76.5 Å². The number of phenolic OH excluding ortho intramolecular Hbond substituents is 1. The second kappa shape index (κ2) is 13.6. The highest BCUT2D eigenvalue weighted by molar-refractivity contribution is 6.31. The van der Waals surface area contributed by atoms with Crippen molar-refractivity contribution in [1.29, 1.82) is 0 Å². The molecule has 12 nitrogen and oxygen atoms in total. The number of rotatable bonds is 10. The van der Waals surface area contributed by atoms with Crippen LogP contribution in [0.5, 0.6) is 11.5 Å². The van der Waals surface area contributed by atoms with Crippen molar-refractivity contribution in [3.63, 3.8) is 0 Å². The molecule has 0 aliphatic heterocycles. The first-order chi connectivity index (χ1) is 23.9. The van der Waals surface area contributed by atoms with Gasteiger partial charge < -0.3 is 30.7 Å². The van der Waals surface area contributed by atoms with E-state index in [2.05, 4.69) is 5.32 Å². The van der Waals surface area contributed by atoms with Crippen LogP contribution in [-0.2, 0) is 48.1 Å². The summed E-state index contributed by atoms with van der Waals surface area (Å²) >= 11 is 0. The molecule has 0 bridgehead atoms. The van der Waals surface area contributed by atoms with Gasteiger partial charge in [-0.15, -0.1) is 0 Å². The van der Waals surface area contributed by atoms with Gasteiger partial charge in [0.1, 0.15) is 6.04 Å². The first kappa shape index (κ1) is 34.7. The second-order valence-corrected chi connectivity index (χ2v) is 13.1. The van der Waals surface area contributed by atoms with E-state index in [1.807, 2.05) is 54.6 Å². The van der Waals surface area contributed by atoms with Crippen LogP contribution in [0.15, 0.2) is 60.7 Å². The van der Waals surface area contributed by atoms with E-state index in [-0.39, 0.29) is 36.7 Å². The molecule has 0 aromatic heterocycles. The van der Waals surface area contributed by atoms with Crippen LogP contribution >= 0.6 is 0 Å². The predicted octanol–water partition coefficient (Wildman–Crippen LogP) is 2.27. The van der Waals surface area contributed by atoms with Gasteiger partial charge in [-0.1, -0.05) is 48.5 Å². The highest BCUT2D eigenvalue weighted by atomic mass is 16.5. The molecule has 6 atom stereocenters. The number of benzene rings is 3. The number of phenols is 1. The van der Waals surface area contributed by atoms with E-state index in [9.17, 15) is 39.0 Å². The molecular weight excluding hydrogens is 644 g/mol. The van der Waals surface area contributed by atoms with E-state index in [0.717, 1.165) is 11.1 Å². The van der Waals surface area contributed by atoms with Crippen LogP contribution < -0.4 is 15.8 Å². The zero-order valence-corrected chi connectivity index (χ0v) is 27.6. The largest absolute Gasteiger partial charge is 0.504 e. The summed E-state index contributed by atoms with van der Waals surface area (Å²) in [4.78, 5) is 78.8. The fraction of sp³-hybridized carbons (Fsp3) is 0.368. The average Bonchev–Trinajstić information content (AvgIpc) is 3.09. The van der Waals surface area contributed by atoms with Crippen molar-refractivity contribution < 1.29 is 48.5 Å². The Hall–Kier alpha value is -5.20. The maximum atomic E-state index is 14.2. The van der Waals surface area contributed by atoms with Crippen LogP contribution in [0.3, 0.4) is 0 Å². The van der Waals surface area contributed by atoms with Gasteiger partial charge in [-0.05, 0) is 72.1 Å². The summed E-state index contributed by atoms with van der Waals surface area (Å²) in [6.07, 6.45) is 0.0948. The van der Waals surface area contributed by atoms with Crippen LogP contribution in [0, 0.1) is 23.7 Å². The number of hydrogen-bond donors (Lipinski definition) is 4. The minimum Gasteiger partial charge on any atom is -0.504 e. The van der Waals surface area contributed by atoms with Gasteiger partial charge in [0.15, 0.2) is 46.2 Å². The Labute approximate surface area is 288 Å². The minimum absolute atomic E-state index is 0.0199. The van der Waals surface area contributed by atoms with Crippen molar-refractivity contribution in [2.45, 2.75) is 50.8 Å². The summed E-state index contributed by atoms with van der Waals surface area (Å²) in [5, 5.41) is 26.0. The molecule has 3 aliphatic carbocycles. The van der Waals surface area contributed by atoms with Gasteiger partial charge in [-0.2, -0.15) is 0 Å². The van der Waals surface area contributed by atoms with E-state index in [1.165, 1.54) is 7.11 Å². The molecule has 1 amide bonds. The zero-order chi connectivity index (χ0) is 35.9. The lowest BCUT2D eigenvalue weighted by Gasteiger charge is -2.48. The molecular formula is C38H38N2O10. The van der Waals surface area contributed by atoms with E-state index >= 15 is 0 Å². The molecule has 260 valence electrons. The molecule has 0 radical (unpaired) electrons. The molecule has 50 heavy (non-hydrogen) atoms. The van der Waals surface area contributed by atoms with Crippen LogP contribution in [0.25, 0.3) is 11.1 Å². The molecule has 3 unspecified atom stereocenters. The number of ketones is 4. The number of aromatic hydroxyl groups is 1. The summed E-state index contributed by atoms with van der Waals surface area (Å²) in [6, 6.07) is 18.0. The standard InChI is InChI=1S/C38H38N2O10/c1-3-50-37(47)26(13-19-8-5-4-6-9-19)40-18-20-10-7-11-21(12-20)24-17-28(49-2)32(42)30-25(24)15-22-14-23-16-27(41)31(36(39)46)35(45)38(23,48)34(44)29(22)33(30)43/h4-12,17,22-23,26,29,31,40,42,48H,3,13-16,18H2,1-2H3,(H2,39,46)/t22-,23+,26?,29?,31?,38+/m1/s1. The first-order valence-electron chi connectivity index (χ1n) is 16.5. The summed E-state index contributed by atoms with van der Waals surface area (Å²) in [5.41, 5.74) is 5.85. The number of carbonyl (C=O) groups excluding carboxylic acids is 6. The predicted molar refractivity (Wildman–Crippen MR) is 178 cm³/mol. The Bertz CT molecular complexity index is 1910. The molecule has 2 fully saturated rings. The number of aliphatic hydroxyl groups is 1. The van der Waals surface area contributed by atoms with Crippen LogP contribution in [0.2, 0.25) is 0 Å². The normalized spacial score (nSPS) is 24.9. The minimum atomic E-state index is -2.73. The van der Waals surface area contributed by atoms with Crippen molar-refractivity contribution in [3.8, 4) is 22.6 Å². The van der Waals surface area contributed by atoms with Gasteiger partial charge in [-0.25, -0.2) is 0 Å². The molecule has 3 aromatic rings. The number of hydrogen-bond acceptors (Lipinski definition) is 11. The molecule has 0 heterocycles. The molecule has 2 saturated carbocycles. The number of ether oxygens (including phenoxy) is 2. The summed E-state index contributed by atoms with van der Waals surface area (Å²) in [7, 11) is 1.32. The fourth-order valence-electron chi connectivity index (χ4n) is 7.84. The molecule has 0 saturated heterocycles. The second-order valence-electron chi connectivity index (χ2n) is 13.1. The smallest absolute Gasteiger partial charge is 0.323 e. The highest BCUT2D eigenvalue weighted by Gasteiger charge is 2.66. The molecule has 12 heteroatoms. The number of esters is 1. The number of nitrogens with one attached hydrogen (secondary N) is 1. The first-order valence-corrected chi connectivity index (χ1v) is 16.5. The van der Waals surface area contributed by atoms with Gasteiger partial charge in [-0.3, -0.25) is 28.8 Å². The third-order valence-electron chi connectivity index (χ3n) is 10.2. The van der Waals surface area contributed by atoms with Crippen molar-refractivity contribution in [2.75, 3.05) is 13.7 Å². The molecule has 3 aromatic carbocycles. The van der Waals surface area contributed by atoms with Gasteiger partial charge in [0.05, 0.1) is 25.2 Å². The van der Waals surface area contributed by atoms with Crippen LogP contribution in [0.4, 0.5) is 0 Å². The monoisotopic (exact) mass is 682 g/mol. The number of primary amides is 1. The maximum Gasteiger partial charge on any atom is 0.323 e. The quantitative estimate of drug-likeness (QED) is 0.181. The zero-order valence-electron chi connectivity index (χ0n) is 27.6. The molecule has 3 aliphatic rings. The summed E-state index contributed by atoms with van der Waals surface area (Å²) < 4.78 is 10.7. The lowest BCUT2D eigenvalue weighted by atomic mass is 9.53.